The molecule has 0 aromatic heterocycles. The van der Waals surface area contributed by atoms with E-state index in [1.165, 1.54) is 30.1 Å². The lowest BCUT2D eigenvalue weighted by molar-refractivity contribution is -0.122. The molecular weight excluding hydrogens is 354 g/mol. The molecule has 22 heavy (non-hydrogen) atoms. The number of amides is 1. The van der Waals surface area contributed by atoms with Crippen LogP contribution in [0.15, 0.2) is 51.9 Å². The van der Waals surface area contributed by atoms with E-state index in [1.807, 2.05) is 0 Å². The summed E-state index contributed by atoms with van der Waals surface area (Å²) in [5.74, 6) is -1.20. The highest BCUT2D eigenvalue weighted by atomic mass is 79.9. The molecule has 6 heteroatoms. The monoisotopic (exact) mass is 364 g/mol. The maximum absolute atomic E-state index is 14.1. The third kappa shape index (κ3) is 2.54. The van der Waals surface area contributed by atoms with Gasteiger partial charge in [-0.05, 0) is 30.3 Å². The normalized spacial score (nSPS) is 17.8. The first kappa shape index (κ1) is 14.8. The number of hydrogen-bond donors (Lipinski definition) is 0. The molecule has 3 rings (SSSR count). The predicted octanol–water partition coefficient (Wildman–Crippen LogP) is 3.70. The van der Waals surface area contributed by atoms with Crippen LogP contribution in [-0.2, 0) is 4.79 Å². The summed E-state index contributed by atoms with van der Waals surface area (Å²) in [7, 11) is 1.49. The highest BCUT2D eigenvalue weighted by Gasteiger charge is 2.29. The summed E-state index contributed by atoms with van der Waals surface area (Å²) in [5, 5.41) is 0. The van der Waals surface area contributed by atoms with Crippen molar-refractivity contribution in [2.75, 3.05) is 11.9 Å². The molecular formula is C16H11BrF2N2O. The van der Waals surface area contributed by atoms with Gasteiger partial charge in [0.2, 0.25) is 0 Å². The molecule has 2 aromatic carbocycles. The number of anilines is 1. The van der Waals surface area contributed by atoms with Crippen LogP contribution in [-0.4, -0.2) is 25.0 Å². The maximum Gasteiger partial charge on any atom is 0.284 e. The minimum Gasteiger partial charge on any atom is -0.311 e. The first-order valence-corrected chi connectivity index (χ1v) is 7.32. The Morgan fingerprint density at radius 2 is 2.00 bits per heavy atom. The molecule has 0 aliphatic carbocycles. The van der Waals surface area contributed by atoms with Crippen LogP contribution < -0.4 is 4.90 Å². The summed E-state index contributed by atoms with van der Waals surface area (Å²) in [4.78, 5) is 17.1. The Bertz CT molecular complexity index is 791. The first-order chi connectivity index (χ1) is 10.5. The highest BCUT2D eigenvalue weighted by Crippen LogP contribution is 2.30. The Hall–Kier alpha value is -2.08. The van der Waals surface area contributed by atoms with Crippen LogP contribution in [0.3, 0.4) is 0 Å². The van der Waals surface area contributed by atoms with Gasteiger partial charge >= 0.3 is 0 Å². The van der Waals surface area contributed by atoms with Gasteiger partial charge in [0.25, 0.3) is 12.2 Å². The highest BCUT2D eigenvalue weighted by molar-refractivity contribution is 9.10. The van der Waals surface area contributed by atoms with Crippen LogP contribution in [0.4, 0.5) is 14.5 Å². The molecule has 1 amide bonds. The first-order valence-electron chi connectivity index (χ1n) is 6.52. The molecule has 0 N–H and O–H groups in total. The van der Waals surface area contributed by atoms with Crippen molar-refractivity contribution in [3.05, 3.63) is 63.9 Å². The van der Waals surface area contributed by atoms with Crippen molar-refractivity contribution < 1.29 is 13.6 Å². The number of nitrogens with zero attached hydrogens (tertiary/aromatic N) is 2. The summed E-state index contributed by atoms with van der Waals surface area (Å²) < 4.78 is 28.4. The number of halogens is 3. The predicted molar refractivity (Wildman–Crippen MR) is 84.5 cm³/mol. The number of fused-ring (bicyclic) bond motifs is 1. The van der Waals surface area contributed by atoms with Crippen molar-refractivity contribution in [3.8, 4) is 0 Å². The fourth-order valence-electron chi connectivity index (χ4n) is 2.37. The summed E-state index contributed by atoms with van der Waals surface area (Å²) >= 11 is 3.35. The molecule has 1 aliphatic heterocycles. The van der Waals surface area contributed by atoms with Crippen molar-refractivity contribution in [3.63, 3.8) is 0 Å². The molecule has 0 fully saturated rings. The van der Waals surface area contributed by atoms with Gasteiger partial charge in [-0.25, -0.2) is 13.8 Å². The summed E-state index contributed by atoms with van der Waals surface area (Å²) in [6.45, 7) is 0. The van der Waals surface area contributed by atoms with Gasteiger partial charge in [-0.3, -0.25) is 4.79 Å². The van der Waals surface area contributed by atoms with Crippen molar-refractivity contribution in [1.82, 2.24) is 0 Å². The largest absolute Gasteiger partial charge is 0.311 e. The van der Waals surface area contributed by atoms with Gasteiger partial charge in [0.1, 0.15) is 5.82 Å². The number of benzene rings is 2. The molecule has 0 saturated carbocycles. The Morgan fingerprint density at radius 3 is 2.73 bits per heavy atom. The summed E-state index contributed by atoms with van der Waals surface area (Å²) in [5.41, 5.74) is 1.76. The molecule has 3 nitrogen and oxygen atoms in total. The zero-order valence-electron chi connectivity index (χ0n) is 11.6. The second kappa shape index (κ2) is 5.61. The van der Waals surface area contributed by atoms with Crippen molar-refractivity contribution in [1.29, 1.82) is 0 Å². The van der Waals surface area contributed by atoms with E-state index in [9.17, 15) is 13.6 Å². The van der Waals surface area contributed by atoms with E-state index in [0.29, 0.717) is 16.8 Å². The Kier molecular flexibility index (Phi) is 3.78. The molecule has 1 aliphatic rings. The van der Waals surface area contributed by atoms with Gasteiger partial charge in [0.05, 0.1) is 11.4 Å². The van der Waals surface area contributed by atoms with E-state index >= 15 is 0 Å². The summed E-state index contributed by atoms with van der Waals surface area (Å²) in [6, 6.07) is 10.9. The molecule has 1 atom stereocenters. The van der Waals surface area contributed by atoms with E-state index in [2.05, 4.69) is 20.9 Å². The molecule has 1 heterocycles. The fourth-order valence-corrected chi connectivity index (χ4v) is 2.73. The number of carbonyl (C=O) groups excluding carboxylic acids is 1. The second-order valence-corrected chi connectivity index (χ2v) is 5.80. The Balaban J connectivity index is 2.28. The third-order valence-corrected chi connectivity index (χ3v) is 3.94. The number of likely N-dealkylation sites (N-methyl/N-ethyl adjacent to an activating group) is 1. The number of hydrogen-bond acceptors (Lipinski definition) is 2. The Labute approximate surface area is 134 Å². The van der Waals surface area contributed by atoms with Crippen LogP contribution in [0.2, 0.25) is 0 Å². The number of aliphatic imine (C=N–C) groups is 1. The van der Waals surface area contributed by atoms with Gasteiger partial charge in [-0.1, -0.05) is 28.1 Å². The fraction of sp³-hybridized carbons (Fsp3) is 0.125. The van der Waals surface area contributed by atoms with Crippen molar-refractivity contribution in [2.24, 2.45) is 4.99 Å². The minimum atomic E-state index is -2.02. The van der Waals surface area contributed by atoms with E-state index in [0.717, 1.165) is 4.47 Å². The lowest BCUT2D eigenvalue weighted by atomic mass is 10.0. The van der Waals surface area contributed by atoms with Gasteiger partial charge in [-0.15, -0.1) is 0 Å². The molecule has 1 unspecified atom stereocenters. The van der Waals surface area contributed by atoms with Crippen LogP contribution in [0.5, 0.6) is 0 Å². The summed E-state index contributed by atoms with van der Waals surface area (Å²) in [6.07, 6.45) is -2.02. The van der Waals surface area contributed by atoms with Crippen LogP contribution >= 0.6 is 15.9 Å². The van der Waals surface area contributed by atoms with Crippen LogP contribution in [0, 0.1) is 5.82 Å². The molecule has 112 valence electrons. The zero-order chi connectivity index (χ0) is 15.9. The van der Waals surface area contributed by atoms with Crippen LogP contribution in [0.1, 0.15) is 11.1 Å². The molecule has 2 aromatic rings. The lowest BCUT2D eigenvalue weighted by Gasteiger charge is -2.18. The van der Waals surface area contributed by atoms with E-state index in [-0.39, 0.29) is 5.71 Å². The molecule has 0 saturated heterocycles. The maximum atomic E-state index is 14.1. The number of alkyl halides is 1. The minimum absolute atomic E-state index is 0.251. The van der Waals surface area contributed by atoms with Gasteiger partial charge in [-0.2, -0.15) is 0 Å². The van der Waals surface area contributed by atoms with E-state index in [4.69, 9.17) is 0 Å². The van der Waals surface area contributed by atoms with Crippen molar-refractivity contribution in [2.45, 2.75) is 6.30 Å². The van der Waals surface area contributed by atoms with Crippen LogP contribution in [0.25, 0.3) is 0 Å². The lowest BCUT2D eigenvalue weighted by Crippen LogP contribution is -2.32. The molecule has 0 radical (unpaired) electrons. The SMILES string of the molecule is CN1C(=O)C(F)N=C(c2cccc(F)c2)c2cc(Br)ccc21. The van der Waals surface area contributed by atoms with Gasteiger partial charge < -0.3 is 4.90 Å². The van der Waals surface area contributed by atoms with Gasteiger partial charge in [0.15, 0.2) is 0 Å². The molecule has 0 spiro atoms. The topological polar surface area (TPSA) is 32.7 Å². The average molecular weight is 365 g/mol. The molecule has 0 bridgehead atoms. The zero-order valence-corrected chi connectivity index (χ0v) is 13.1. The average Bonchev–Trinajstić information content (AvgIpc) is 2.58. The number of benzodiazepines with no additional fused rings is 1. The number of carbonyl (C=O) groups is 1. The third-order valence-electron chi connectivity index (χ3n) is 3.45. The smallest absolute Gasteiger partial charge is 0.284 e. The van der Waals surface area contributed by atoms with Gasteiger partial charge in [0, 0.05) is 22.6 Å². The van der Waals surface area contributed by atoms with Crippen molar-refractivity contribution >= 4 is 33.2 Å². The Morgan fingerprint density at radius 1 is 1.23 bits per heavy atom. The standard InChI is InChI=1S/C16H11BrF2N2O/c1-21-13-6-5-10(17)8-12(13)14(20-15(19)16(21)22)9-3-2-4-11(18)7-9/h2-8,15H,1H3. The van der Waals surface area contributed by atoms with E-state index in [1.54, 1.807) is 24.3 Å². The second-order valence-electron chi connectivity index (χ2n) is 4.88. The quantitative estimate of drug-likeness (QED) is 0.710. The van der Waals surface area contributed by atoms with E-state index < -0.39 is 18.0 Å². The number of rotatable bonds is 1.